The van der Waals surface area contributed by atoms with Crippen LogP contribution >= 0.6 is 0 Å². The molecule has 0 aliphatic heterocycles. The lowest BCUT2D eigenvalue weighted by molar-refractivity contribution is 0.0902. The molecule has 0 unspecified atom stereocenters. The van der Waals surface area contributed by atoms with Crippen molar-refractivity contribution in [3.8, 4) is 12.3 Å². The third-order valence-electron chi connectivity index (χ3n) is 1.80. The Morgan fingerprint density at radius 2 is 2.10 bits per heavy atom. The Morgan fingerprint density at radius 3 is 2.50 bits per heavy atom. The molecule has 0 N–H and O–H groups in total. The average Bonchev–Trinajstić information content (AvgIpc) is 1.76. The largest absolute Gasteiger partial charge is 0.418 e. The van der Waals surface area contributed by atoms with E-state index in [-0.39, 0.29) is 0 Å². The van der Waals surface area contributed by atoms with E-state index in [4.69, 9.17) is 10.8 Å². The Morgan fingerprint density at radius 1 is 1.50 bits per heavy atom. The van der Waals surface area contributed by atoms with Crippen LogP contribution in [0.15, 0.2) is 0 Å². The van der Waals surface area contributed by atoms with Gasteiger partial charge in [0.1, 0.15) is 0 Å². The minimum atomic E-state index is -0.802. The predicted octanol–water partition coefficient (Wildman–Crippen LogP) is 1.40. The Bertz CT molecular complexity index is 142. The van der Waals surface area contributed by atoms with Crippen LogP contribution in [0.2, 0.25) is 13.1 Å². The van der Waals surface area contributed by atoms with E-state index in [2.05, 4.69) is 19.0 Å². The van der Waals surface area contributed by atoms with Gasteiger partial charge in [-0.25, -0.2) is 0 Å². The summed E-state index contributed by atoms with van der Waals surface area (Å²) in [6.07, 6.45) is 7.94. The van der Waals surface area contributed by atoms with Gasteiger partial charge >= 0.3 is 0 Å². The van der Waals surface area contributed by atoms with Crippen LogP contribution in [0.25, 0.3) is 0 Å². The van der Waals surface area contributed by atoms with Gasteiger partial charge in [-0.15, -0.1) is 12.3 Å². The average molecular weight is 154 g/mol. The van der Waals surface area contributed by atoms with Crippen LogP contribution in [0, 0.1) is 18.3 Å². The first kappa shape index (κ1) is 7.84. The molecule has 0 aromatic heterocycles. The van der Waals surface area contributed by atoms with E-state index in [1.807, 2.05) is 0 Å². The van der Waals surface area contributed by atoms with Crippen molar-refractivity contribution in [2.75, 3.05) is 0 Å². The molecule has 10 heavy (non-hydrogen) atoms. The molecule has 1 nitrogen and oxygen atoms in total. The fourth-order valence-corrected chi connectivity index (χ4v) is 2.19. The maximum absolute atomic E-state index is 5.66. The van der Waals surface area contributed by atoms with E-state index in [9.17, 15) is 0 Å². The van der Waals surface area contributed by atoms with Gasteiger partial charge in [0.25, 0.3) is 0 Å². The molecule has 1 saturated carbocycles. The highest BCUT2D eigenvalue weighted by atomic mass is 28.3. The van der Waals surface area contributed by atoms with Crippen molar-refractivity contribution in [3.63, 3.8) is 0 Å². The Balaban J connectivity index is 2.10. The fourth-order valence-electron chi connectivity index (χ4n) is 1.20. The highest BCUT2D eigenvalue weighted by Crippen LogP contribution is 2.29. The van der Waals surface area contributed by atoms with Gasteiger partial charge in [-0.2, -0.15) is 0 Å². The van der Waals surface area contributed by atoms with Crippen LogP contribution in [0.1, 0.15) is 12.8 Å². The topological polar surface area (TPSA) is 9.23 Å². The first-order valence-electron chi connectivity index (χ1n) is 3.84. The van der Waals surface area contributed by atoms with Crippen molar-refractivity contribution < 1.29 is 4.43 Å². The second-order valence-electron chi connectivity index (χ2n) is 3.14. The lowest BCUT2D eigenvalue weighted by Crippen LogP contribution is -2.33. The molecule has 56 valence electrons. The summed E-state index contributed by atoms with van der Waals surface area (Å²) in [5.74, 6) is 3.25. The maximum Gasteiger partial charge on any atom is 0.171 e. The van der Waals surface area contributed by atoms with Crippen molar-refractivity contribution >= 4 is 9.04 Å². The summed E-state index contributed by atoms with van der Waals surface area (Å²) >= 11 is 0. The number of terminal acetylenes is 1. The van der Waals surface area contributed by atoms with Crippen molar-refractivity contribution in [3.05, 3.63) is 0 Å². The van der Waals surface area contributed by atoms with Gasteiger partial charge in [0, 0.05) is 12.0 Å². The van der Waals surface area contributed by atoms with Crippen LogP contribution in [-0.4, -0.2) is 15.1 Å². The second-order valence-corrected chi connectivity index (χ2v) is 5.51. The van der Waals surface area contributed by atoms with Gasteiger partial charge in [0.15, 0.2) is 9.04 Å². The van der Waals surface area contributed by atoms with E-state index in [0.29, 0.717) is 12.0 Å². The third kappa shape index (κ3) is 1.86. The summed E-state index contributed by atoms with van der Waals surface area (Å²) in [5, 5.41) is 0. The van der Waals surface area contributed by atoms with E-state index < -0.39 is 9.04 Å². The summed E-state index contributed by atoms with van der Waals surface area (Å²) in [4.78, 5) is 0. The molecule has 1 aliphatic carbocycles. The van der Waals surface area contributed by atoms with Crippen LogP contribution in [0.4, 0.5) is 0 Å². The van der Waals surface area contributed by atoms with Gasteiger partial charge in [0.05, 0.1) is 0 Å². The summed E-state index contributed by atoms with van der Waals surface area (Å²) in [5.41, 5.74) is 0. The molecule has 2 heteroatoms. The van der Waals surface area contributed by atoms with Gasteiger partial charge in [-0.1, -0.05) is 0 Å². The molecule has 1 aliphatic rings. The molecule has 0 spiro atoms. The molecule has 1 fully saturated rings. The zero-order chi connectivity index (χ0) is 7.56. The lowest BCUT2D eigenvalue weighted by Gasteiger charge is -2.33. The third-order valence-corrected chi connectivity index (χ3v) is 2.72. The molecule has 0 saturated heterocycles. The molecule has 0 heterocycles. The second kappa shape index (κ2) is 3.22. The highest BCUT2D eigenvalue weighted by molar-refractivity contribution is 6.48. The van der Waals surface area contributed by atoms with Gasteiger partial charge in [0.2, 0.25) is 0 Å². The van der Waals surface area contributed by atoms with Crippen molar-refractivity contribution in [1.29, 1.82) is 0 Å². The SMILES string of the molecule is C#CC1CC(O[SiH](C)C)C1. The van der Waals surface area contributed by atoms with Gasteiger partial charge < -0.3 is 4.43 Å². The Labute approximate surface area is 64.5 Å². The van der Waals surface area contributed by atoms with Crippen molar-refractivity contribution in [1.82, 2.24) is 0 Å². The van der Waals surface area contributed by atoms with E-state index in [0.717, 1.165) is 12.8 Å². The van der Waals surface area contributed by atoms with Crippen LogP contribution in [-0.2, 0) is 4.43 Å². The van der Waals surface area contributed by atoms with E-state index in [1.165, 1.54) is 0 Å². The lowest BCUT2D eigenvalue weighted by atomic mass is 9.83. The zero-order valence-corrected chi connectivity index (χ0v) is 7.79. The molecule has 0 amide bonds. The molecule has 0 aromatic carbocycles. The van der Waals surface area contributed by atoms with E-state index >= 15 is 0 Å². The molecule has 1 rings (SSSR count). The minimum Gasteiger partial charge on any atom is -0.418 e. The Kier molecular flexibility index (Phi) is 2.53. The standard InChI is InChI=1S/C8H14OSi/c1-4-7-5-8(6-7)9-10(2)3/h1,7-8,10H,5-6H2,2-3H3. The summed E-state index contributed by atoms with van der Waals surface area (Å²) in [7, 11) is -0.802. The van der Waals surface area contributed by atoms with Crippen LogP contribution < -0.4 is 0 Å². The molecule has 0 aromatic rings. The minimum absolute atomic E-state index is 0.507. The van der Waals surface area contributed by atoms with Crippen molar-refractivity contribution in [2.24, 2.45) is 5.92 Å². The zero-order valence-electron chi connectivity index (χ0n) is 6.63. The van der Waals surface area contributed by atoms with Crippen molar-refractivity contribution in [2.45, 2.75) is 32.0 Å². The number of rotatable bonds is 2. The normalized spacial score (nSPS) is 31.4. The molecule has 0 radical (unpaired) electrons. The van der Waals surface area contributed by atoms with E-state index in [1.54, 1.807) is 0 Å². The van der Waals surface area contributed by atoms with Gasteiger partial charge in [-0.3, -0.25) is 0 Å². The summed E-state index contributed by atoms with van der Waals surface area (Å²) in [6, 6.07) is 0. The summed E-state index contributed by atoms with van der Waals surface area (Å²) in [6.45, 7) is 4.40. The monoisotopic (exact) mass is 154 g/mol. The summed E-state index contributed by atoms with van der Waals surface area (Å²) < 4.78 is 5.66. The molecular weight excluding hydrogens is 140 g/mol. The number of hydrogen-bond donors (Lipinski definition) is 0. The fraction of sp³-hybridized carbons (Fsp3) is 0.750. The first-order valence-corrected chi connectivity index (χ1v) is 6.62. The Hall–Kier alpha value is -0.263. The van der Waals surface area contributed by atoms with Crippen LogP contribution in [0.3, 0.4) is 0 Å². The molecule has 0 bridgehead atoms. The predicted molar refractivity (Wildman–Crippen MR) is 45.3 cm³/mol. The molecule has 0 atom stereocenters. The number of hydrogen-bond acceptors (Lipinski definition) is 1. The van der Waals surface area contributed by atoms with Gasteiger partial charge in [-0.05, 0) is 25.9 Å². The smallest absolute Gasteiger partial charge is 0.171 e. The first-order chi connectivity index (χ1) is 4.72. The van der Waals surface area contributed by atoms with Crippen LogP contribution in [0.5, 0.6) is 0 Å². The highest BCUT2D eigenvalue weighted by Gasteiger charge is 2.28. The quantitative estimate of drug-likeness (QED) is 0.431. The maximum atomic E-state index is 5.66. The molecular formula is C8H14OSi.